The minimum Gasteiger partial charge on any atom is -0.379 e. The van der Waals surface area contributed by atoms with Crippen LogP contribution in [0.5, 0.6) is 0 Å². The van der Waals surface area contributed by atoms with E-state index < -0.39 is 0 Å². The highest BCUT2D eigenvalue weighted by molar-refractivity contribution is 14.0. The standard InChI is InChI=1S/C19H33N5OS.HI/c1-16-14-22-17(26-16)6-9-21-18(20-2)23-15-19(7-4-3-5-8-19)24-10-12-25-13-11-24;/h14H,3-13,15H2,1-2H3,(H2,20,21,23);1H. The second-order valence-corrected chi connectivity index (χ2v) is 8.67. The molecular weight excluding hydrogens is 473 g/mol. The van der Waals surface area contributed by atoms with Gasteiger partial charge in [-0.05, 0) is 19.8 Å². The molecule has 0 radical (unpaired) electrons. The first-order valence-corrected chi connectivity index (χ1v) is 10.7. The molecule has 1 saturated carbocycles. The number of aromatic nitrogens is 1. The van der Waals surface area contributed by atoms with Gasteiger partial charge in [-0.3, -0.25) is 9.89 Å². The third kappa shape index (κ3) is 6.54. The first-order valence-electron chi connectivity index (χ1n) is 9.90. The molecule has 0 bridgehead atoms. The second-order valence-electron chi connectivity index (χ2n) is 7.35. The molecule has 1 aliphatic carbocycles. The van der Waals surface area contributed by atoms with Gasteiger partial charge in [0.25, 0.3) is 0 Å². The minimum absolute atomic E-state index is 0. The van der Waals surface area contributed by atoms with Crippen LogP contribution in [0.4, 0.5) is 0 Å². The molecule has 1 aliphatic heterocycles. The van der Waals surface area contributed by atoms with Crippen LogP contribution in [-0.4, -0.2) is 67.8 Å². The summed E-state index contributed by atoms with van der Waals surface area (Å²) in [7, 11) is 1.85. The number of guanidine groups is 1. The number of ether oxygens (including phenoxy) is 1. The van der Waals surface area contributed by atoms with Crippen molar-refractivity contribution in [3.63, 3.8) is 0 Å². The Bertz CT molecular complexity index is 582. The average molecular weight is 507 g/mol. The van der Waals surface area contributed by atoms with E-state index in [1.54, 1.807) is 11.3 Å². The molecular formula is C19H34IN5OS. The highest BCUT2D eigenvalue weighted by Gasteiger charge is 2.38. The Morgan fingerprint density at radius 2 is 2.00 bits per heavy atom. The first kappa shape index (κ1) is 22.8. The van der Waals surface area contributed by atoms with Crippen molar-refractivity contribution in [3.05, 3.63) is 16.1 Å². The summed E-state index contributed by atoms with van der Waals surface area (Å²) in [6.45, 7) is 7.75. The van der Waals surface area contributed by atoms with Crippen LogP contribution in [0, 0.1) is 6.92 Å². The van der Waals surface area contributed by atoms with E-state index in [1.807, 2.05) is 13.2 Å². The molecule has 0 atom stereocenters. The lowest BCUT2D eigenvalue weighted by molar-refractivity contribution is -0.0352. The Morgan fingerprint density at radius 1 is 1.26 bits per heavy atom. The molecule has 1 aromatic heterocycles. The van der Waals surface area contributed by atoms with Gasteiger partial charge in [-0.25, -0.2) is 4.98 Å². The van der Waals surface area contributed by atoms with Gasteiger partial charge in [-0.1, -0.05) is 19.3 Å². The number of rotatable bonds is 6. The Labute approximate surface area is 184 Å². The Kier molecular flexibility index (Phi) is 9.75. The number of nitrogens with one attached hydrogen (secondary N) is 2. The molecule has 0 aromatic carbocycles. The van der Waals surface area contributed by atoms with Gasteiger partial charge in [0, 0.05) is 56.3 Å². The topological polar surface area (TPSA) is 61.8 Å². The van der Waals surface area contributed by atoms with Crippen LogP contribution in [0.15, 0.2) is 11.2 Å². The summed E-state index contributed by atoms with van der Waals surface area (Å²) in [5.41, 5.74) is 0.256. The number of aryl methyl sites for hydroxylation is 1. The quantitative estimate of drug-likeness (QED) is 0.353. The van der Waals surface area contributed by atoms with E-state index >= 15 is 0 Å². The van der Waals surface area contributed by atoms with Crippen molar-refractivity contribution in [1.29, 1.82) is 0 Å². The van der Waals surface area contributed by atoms with Crippen molar-refractivity contribution in [1.82, 2.24) is 20.5 Å². The van der Waals surface area contributed by atoms with Crippen LogP contribution in [0.1, 0.15) is 42.0 Å². The maximum atomic E-state index is 5.58. The number of halogens is 1. The molecule has 0 unspecified atom stereocenters. The molecule has 8 heteroatoms. The maximum absolute atomic E-state index is 5.58. The zero-order valence-electron chi connectivity index (χ0n) is 16.6. The summed E-state index contributed by atoms with van der Waals surface area (Å²) in [4.78, 5) is 12.8. The van der Waals surface area contributed by atoms with Crippen molar-refractivity contribution >= 4 is 41.3 Å². The summed E-state index contributed by atoms with van der Waals surface area (Å²) in [5, 5.41) is 8.24. The lowest BCUT2D eigenvalue weighted by atomic mass is 9.80. The van der Waals surface area contributed by atoms with Crippen LogP contribution < -0.4 is 10.6 Å². The molecule has 1 saturated heterocycles. The Balaban J connectivity index is 0.00000261. The van der Waals surface area contributed by atoms with E-state index in [-0.39, 0.29) is 29.5 Å². The fourth-order valence-electron chi connectivity index (χ4n) is 4.13. The Morgan fingerprint density at radius 3 is 2.63 bits per heavy atom. The summed E-state index contributed by atoms with van der Waals surface area (Å²) in [6.07, 6.45) is 9.45. The largest absolute Gasteiger partial charge is 0.379 e. The average Bonchev–Trinajstić information content (AvgIpc) is 3.11. The van der Waals surface area contributed by atoms with Gasteiger partial charge in [0.1, 0.15) is 0 Å². The number of morpholine rings is 1. The highest BCUT2D eigenvalue weighted by atomic mass is 127. The van der Waals surface area contributed by atoms with Crippen molar-refractivity contribution in [2.24, 2.45) is 4.99 Å². The van der Waals surface area contributed by atoms with Gasteiger partial charge in [-0.15, -0.1) is 35.3 Å². The minimum atomic E-state index is 0. The molecule has 27 heavy (non-hydrogen) atoms. The van der Waals surface area contributed by atoms with E-state index in [4.69, 9.17) is 4.74 Å². The summed E-state index contributed by atoms with van der Waals surface area (Å²) < 4.78 is 5.58. The van der Waals surface area contributed by atoms with Crippen molar-refractivity contribution < 1.29 is 4.74 Å². The number of hydrogen-bond donors (Lipinski definition) is 2. The SMILES string of the molecule is CN=C(NCCc1ncc(C)s1)NCC1(N2CCOCC2)CCCCC1.I. The van der Waals surface area contributed by atoms with Crippen molar-refractivity contribution in [2.45, 2.75) is 51.0 Å². The smallest absolute Gasteiger partial charge is 0.191 e. The lowest BCUT2D eigenvalue weighted by Gasteiger charge is -2.48. The third-order valence-corrected chi connectivity index (χ3v) is 6.55. The molecule has 6 nitrogen and oxygen atoms in total. The number of nitrogens with zero attached hydrogens (tertiary/aromatic N) is 3. The van der Waals surface area contributed by atoms with E-state index in [0.29, 0.717) is 0 Å². The van der Waals surface area contributed by atoms with Crippen LogP contribution >= 0.6 is 35.3 Å². The van der Waals surface area contributed by atoms with Gasteiger partial charge in [0.05, 0.1) is 18.2 Å². The fraction of sp³-hybridized carbons (Fsp3) is 0.789. The number of aliphatic imine (C=N–C) groups is 1. The predicted octanol–water partition coefficient (Wildman–Crippen LogP) is 2.81. The van der Waals surface area contributed by atoms with E-state index in [1.165, 1.54) is 42.0 Å². The summed E-state index contributed by atoms with van der Waals surface area (Å²) >= 11 is 1.77. The molecule has 2 heterocycles. The third-order valence-electron chi connectivity index (χ3n) is 5.58. The summed E-state index contributed by atoms with van der Waals surface area (Å²) in [5.74, 6) is 0.900. The van der Waals surface area contributed by atoms with Crippen LogP contribution in [0.3, 0.4) is 0 Å². The molecule has 1 aromatic rings. The van der Waals surface area contributed by atoms with E-state index in [2.05, 4.69) is 32.4 Å². The van der Waals surface area contributed by atoms with Crippen LogP contribution in [0.2, 0.25) is 0 Å². The lowest BCUT2D eigenvalue weighted by Crippen LogP contribution is -2.60. The maximum Gasteiger partial charge on any atom is 0.191 e. The van der Waals surface area contributed by atoms with Gasteiger partial charge < -0.3 is 15.4 Å². The van der Waals surface area contributed by atoms with Crippen molar-refractivity contribution in [3.8, 4) is 0 Å². The molecule has 3 rings (SSSR count). The number of thiazole rings is 1. The Hall–Kier alpha value is -0.450. The molecule has 2 fully saturated rings. The first-order chi connectivity index (χ1) is 12.7. The van der Waals surface area contributed by atoms with Crippen molar-refractivity contribution in [2.75, 3.05) is 46.4 Å². The molecule has 0 spiro atoms. The zero-order chi connectivity index (χ0) is 18.2. The van der Waals surface area contributed by atoms with Gasteiger partial charge >= 0.3 is 0 Å². The number of hydrogen-bond acceptors (Lipinski definition) is 5. The highest BCUT2D eigenvalue weighted by Crippen LogP contribution is 2.33. The molecule has 0 amide bonds. The normalized spacial score (nSPS) is 20.7. The van der Waals surface area contributed by atoms with E-state index in [0.717, 1.165) is 51.8 Å². The van der Waals surface area contributed by atoms with Crippen LogP contribution in [-0.2, 0) is 11.2 Å². The molecule has 154 valence electrons. The summed E-state index contributed by atoms with van der Waals surface area (Å²) in [6, 6.07) is 0. The zero-order valence-corrected chi connectivity index (χ0v) is 19.8. The second kappa shape index (κ2) is 11.5. The fourth-order valence-corrected chi connectivity index (χ4v) is 4.91. The molecule has 2 N–H and O–H groups in total. The van der Waals surface area contributed by atoms with Gasteiger partial charge in [0.2, 0.25) is 0 Å². The molecule has 2 aliphatic rings. The van der Waals surface area contributed by atoms with E-state index in [9.17, 15) is 0 Å². The van der Waals surface area contributed by atoms with Gasteiger partial charge in [0.15, 0.2) is 5.96 Å². The monoisotopic (exact) mass is 507 g/mol. The van der Waals surface area contributed by atoms with Gasteiger partial charge in [-0.2, -0.15) is 0 Å². The predicted molar refractivity (Wildman–Crippen MR) is 124 cm³/mol. The van der Waals surface area contributed by atoms with Crippen LogP contribution in [0.25, 0.3) is 0 Å².